The van der Waals surface area contributed by atoms with E-state index in [-0.39, 0.29) is 0 Å². The number of rotatable bonds is 0. The number of nitrogens with one attached hydrogen (secondary N) is 2. The van der Waals surface area contributed by atoms with Crippen molar-refractivity contribution in [2.24, 2.45) is 10.8 Å². The Morgan fingerprint density at radius 1 is 0.700 bits per heavy atom. The maximum atomic E-state index is 3.53. The number of hydrogen-bond donors (Lipinski definition) is 2. The van der Waals surface area contributed by atoms with Gasteiger partial charge in [0.15, 0.2) is 0 Å². The van der Waals surface area contributed by atoms with Crippen LogP contribution in [0.15, 0.2) is 0 Å². The van der Waals surface area contributed by atoms with Gasteiger partial charge in [0, 0.05) is 26.2 Å². The topological polar surface area (TPSA) is 24.1 Å². The third-order valence-corrected chi connectivity index (χ3v) is 3.50. The molecule has 10 heavy (non-hydrogen) atoms. The van der Waals surface area contributed by atoms with Crippen LogP contribution >= 0.6 is 0 Å². The zero-order chi connectivity index (χ0) is 6.66. The van der Waals surface area contributed by atoms with Crippen molar-refractivity contribution in [2.75, 3.05) is 26.2 Å². The third kappa shape index (κ3) is 0.487. The van der Waals surface area contributed by atoms with Crippen LogP contribution in [0.5, 0.6) is 0 Å². The van der Waals surface area contributed by atoms with Crippen molar-refractivity contribution in [3.63, 3.8) is 0 Å². The average molecular weight is 138 g/mol. The normalized spacial score (nSPS) is 57.6. The lowest BCUT2D eigenvalue weighted by atomic mass is 9.48. The van der Waals surface area contributed by atoms with E-state index in [0.717, 1.165) is 0 Å². The van der Waals surface area contributed by atoms with E-state index in [1.54, 1.807) is 0 Å². The molecule has 0 amide bonds. The van der Waals surface area contributed by atoms with E-state index in [9.17, 15) is 0 Å². The molecular weight excluding hydrogens is 124 g/mol. The Kier molecular flexibility index (Phi) is 0.783. The summed E-state index contributed by atoms with van der Waals surface area (Å²) < 4.78 is 0. The molecule has 1 aliphatic carbocycles. The highest BCUT2D eigenvalue weighted by Crippen LogP contribution is 2.58. The molecule has 2 bridgehead atoms. The van der Waals surface area contributed by atoms with Gasteiger partial charge in [0.2, 0.25) is 0 Å². The van der Waals surface area contributed by atoms with Crippen LogP contribution in [0.25, 0.3) is 0 Å². The van der Waals surface area contributed by atoms with Crippen molar-refractivity contribution >= 4 is 0 Å². The maximum Gasteiger partial charge on any atom is 0.00207 e. The lowest BCUT2D eigenvalue weighted by Gasteiger charge is -2.65. The first-order valence-corrected chi connectivity index (χ1v) is 4.24. The molecule has 0 spiro atoms. The van der Waals surface area contributed by atoms with E-state index in [2.05, 4.69) is 10.6 Å². The second kappa shape index (κ2) is 1.41. The van der Waals surface area contributed by atoms with Crippen molar-refractivity contribution in [3.05, 3.63) is 0 Å². The molecule has 1 saturated carbocycles. The van der Waals surface area contributed by atoms with Crippen LogP contribution in [0.4, 0.5) is 0 Å². The minimum atomic E-state index is 0.691. The first-order chi connectivity index (χ1) is 4.83. The average Bonchev–Trinajstić information content (AvgIpc) is 1.85. The fraction of sp³-hybridized carbons (Fsp3) is 1.00. The summed E-state index contributed by atoms with van der Waals surface area (Å²) >= 11 is 0. The quantitative estimate of drug-likeness (QED) is 0.491. The predicted molar refractivity (Wildman–Crippen MR) is 39.8 cm³/mol. The van der Waals surface area contributed by atoms with Crippen molar-refractivity contribution in [3.8, 4) is 0 Å². The third-order valence-electron chi connectivity index (χ3n) is 3.50. The van der Waals surface area contributed by atoms with E-state index >= 15 is 0 Å². The molecule has 2 N–H and O–H groups in total. The van der Waals surface area contributed by atoms with Crippen molar-refractivity contribution < 1.29 is 0 Å². The molecule has 4 heterocycles. The van der Waals surface area contributed by atoms with Crippen LogP contribution in [0.3, 0.4) is 0 Å². The van der Waals surface area contributed by atoms with E-state index in [1.165, 1.54) is 39.0 Å². The minimum Gasteiger partial charge on any atom is -0.316 e. The summed E-state index contributed by atoms with van der Waals surface area (Å²) in [6.07, 6.45) is 3.00. The summed E-state index contributed by atoms with van der Waals surface area (Å²) in [5, 5.41) is 7.06. The molecule has 2 heteroatoms. The molecule has 5 rings (SSSR count). The van der Waals surface area contributed by atoms with E-state index in [4.69, 9.17) is 0 Å². The first-order valence-electron chi connectivity index (χ1n) is 4.24. The van der Waals surface area contributed by atoms with Crippen LogP contribution in [0.2, 0.25) is 0 Å². The van der Waals surface area contributed by atoms with Crippen molar-refractivity contribution in [1.29, 1.82) is 0 Å². The molecule has 0 aromatic rings. The Labute approximate surface area is 61.4 Å². The highest BCUT2D eigenvalue weighted by atomic mass is 15.1. The van der Waals surface area contributed by atoms with Crippen LogP contribution in [0, 0.1) is 10.8 Å². The lowest BCUT2D eigenvalue weighted by molar-refractivity contribution is -0.106. The summed E-state index contributed by atoms with van der Waals surface area (Å²) in [6.45, 7) is 5.06. The number of piperidine rings is 4. The Morgan fingerprint density at radius 3 is 1.40 bits per heavy atom. The van der Waals surface area contributed by atoms with E-state index in [0.29, 0.717) is 10.8 Å². The first kappa shape index (κ1) is 5.56. The van der Waals surface area contributed by atoms with Gasteiger partial charge in [-0.25, -0.2) is 0 Å². The highest BCUT2D eigenvalue weighted by molar-refractivity contribution is 5.14. The zero-order valence-electron chi connectivity index (χ0n) is 6.24. The summed E-state index contributed by atoms with van der Waals surface area (Å²) in [4.78, 5) is 0. The minimum absolute atomic E-state index is 0.691. The van der Waals surface area contributed by atoms with Gasteiger partial charge in [-0.2, -0.15) is 0 Å². The molecule has 0 aromatic carbocycles. The van der Waals surface area contributed by atoms with Crippen molar-refractivity contribution in [2.45, 2.75) is 12.8 Å². The van der Waals surface area contributed by atoms with Gasteiger partial charge >= 0.3 is 0 Å². The lowest BCUT2D eigenvalue weighted by Crippen LogP contribution is -2.72. The van der Waals surface area contributed by atoms with Gasteiger partial charge in [0.25, 0.3) is 0 Å². The van der Waals surface area contributed by atoms with Gasteiger partial charge in [-0.15, -0.1) is 0 Å². The second-order valence-corrected chi connectivity index (χ2v) is 4.56. The molecule has 0 aromatic heterocycles. The largest absolute Gasteiger partial charge is 0.316 e. The molecule has 0 unspecified atom stereocenters. The van der Waals surface area contributed by atoms with Gasteiger partial charge in [0.05, 0.1) is 0 Å². The molecule has 2 nitrogen and oxygen atoms in total. The summed E-state index contributed by atoms with van der Waals surface area (Å²) in [6, 6.07) is 0. The van der Waals surface area contributed by atoms with Gasteiger partial charge in [0.1, 0.15) is 0 Å². The molecular formula is C8H14N2. The van der Waals surface area contributed by atoms with Gasteiger partial charge in [-0.3, -0.25) is 0 Å². The van der Waals surface area contributed by atoms with E-state index in [1.807, 2.05) is 0 Å². The standard InChI is InChI=1S/C8H14N2/c1-7-2-8(1,5-9-3-7)6-10-4-7/h9-10H,1-6H2. The molecule has 4 saturated heterocycles. The Bertz CT molecular complexity index is 140. The van der Waals surface area contributed by atoms with Crippen LogP contribution in [-0.4, -0.2) is 26.2 Å². The van der Waals surface area contributed by atoms with Crippen molar-refractivity contribution in [1.82, 2.24) is 10.6 Å². The predicted octanol–water partition coefficient (Wildman–Crippen LogP) is -0.0406. The molecule has 0 radical (unpaired) electrons. The molecule has 56 valence electrons. The SMILES string of the molecule is C1NCC23CNCC1(C2)C3. The Morgan fingerprint density at radius 2 is 1.10 bits per heavy atom. The summed E-state index contributed by atoms with van der Waals surface area (Å²) in [5.41, 5.74) is 1.38. The molecule has 0 atom stereocenters. The summed E-state index contributed by atoms with van der Waals surface area (Å²) in [7, 11) is 0. The molecule has 5 fully saturated rings. The van der Waals surface area contributed by atoms with Gasteiger partial charge in [-0.1, -0.05) is 0 Å². The Hall–Kier alpha value is -0.0800. The zero-order valence-corrected chi connectivity index (χ0v) is 6.24. The highest BCUT2D eigenvalue weighted by Gasteiger charge is 2.59. The fourth-order valence-electron chi connectivity index (χ4n) is 3.35. The molecule has 4 aliphatic heterocycles. The van der Waals surface area contributed by atoms with Gasteiger partial charge in [-0.05, 0) is 23.7 Å². The number of fused-ring (bicyclic) bond motifs is 4. The second-order valence-electron chi connectivity index (χ2n) is 4.56. The monoisotopic (exact) mass is 138 g/mol. The smallest absolute Gasteiger partial charge is 0.00207 e. The molecule has 5 aliphatic rings. The van der Waals surface area contributed by atoms with Crippen LogP contribution in [0.1, 0.15) is 12.8 Å². The van der Waals surface area contributed by atoms with Crippen LogP contribution in [-0.2, 0) is 0 Å². The van der Waals surface area contributed by atoms with E-state index < -0.39 is 0 Å². The summed E-state index contributed by atoms with van der Waals surface area (Å²) in [5.74, 6) is 0. The number of hydrogen-bond acceptors (Lipinski definition) is 2. The maximum absolute atomic E-state index is 3.53. The van der Waals surface area contributed by atoms with Gasteiger partial charge < -0.3 is 10.6 Å². The fourth-order valence-corrected chi connectivity index (χ4v) is 3.35. The van der Waals surface area contributed by atoms with Crippen LogP contribution < -0.4 is 10.6 Å². The Balaban J connectivity index is 1.95.